The lowest BCUT2D eigenvalue weighted by Crippen LogP contribution is -2.39. The quantitative estimate of drug-likeness (QED) is 0.474. The summed E-state index contributed by atoms with van der Waals surface area (Å²) in [5, 5.41) is 4.28. The molecule has 0 aliphatic carbocycles. The van der Waals surface area contributed by atoms with Crippen molar-refractivity contribution in [2.45, 2.75) is 10.1 Å². The molecule has 28 heavy (non-hydrogen) atoms. The maximum Gasteiger partial charge on any atom is 0.338 e. The van der Waals surface area contributed by atoms with Crippen molar-refractivity contribution in [2.75, 3.05) is 13.7 Å². The number of thioether (sulfide) groups is 1. The van der Waals surface area contributed by atoms with E-state index in [1.54, 1.807) is 23.5 Å². The Bertz CT molecular complexity index is 986. The number of hydrogen-bond acceptors (Lipinski definition) is 7. The highest BCUT2D eigenvalue weighted by molar-refractivity contribution is 8.00. The lowest BCUT2D eigenvalue weighted by molar-refractivity contribution is -0.123. The lowest BCUT2D eigenvalue weighted by atomic mass is 10.1. The van der Waals surface area contributed by atoms with E-state index in [0.29, 0.717) is 11.3 Å². The van der Waals surface area contributed by atoms with Crippen LogP contribution in [-0.4, -0.2) is 36.5 Å². The molecule has 9 heteroatoms. The molecule has 0 saturated carbocycles. The minimum Gasteiger partial charge on any atom is -0.452 e. The molecule has 2 N–H and O–H groups in total. The van der Waals surface area contributed by atoms with Gasteiger partial charge in [0, 0.05) is 12.8 Å². The third-order valence-electron chi connectivity index (χ3n) is 3.68. The molecule has 0 unspecified atom stereocenters. The maximum atomic E-state index is 12.4. The van der Waals surface area contributed by atoms with Gasteiger partial charge in [-0.1, -0.05) is 42.1 Å². The fraction of sp³-hybridized carbons (Fsp3) is 0.158. The molecular formula is C19H17N3O4S2. The molecule has 0 saturated heterocycles. The van der Waals surface area contributed by atoms with Crippen molar-refractivity contribution in [1.29, 1.82) is 0 Å². The van der Waals surface area contributed by atoms with Crippen LogP contribution in [0.4, 0.5) is 4.79 Å². The SMILES string of the molecule is CNC(=O)NC(=O)COC(=O)c1ccccc1CSc1nc2ccccc2s1. The zero-order chi connectivity index (χ0) is 19.9. The number of nitrogens with zero attached hydrogens (tertiary/aromatic N) is 1. The number of amides is 3. The van der Waals surface area contributed by atoms with E-state index in [1.807, 2.05) is 41.7 Å². The highest BCUT2D eigenvalue weighted by Gasteiger charge is 2.16. The van der Waals surface area contributed by atoms with Gasteiger partial charge in [0.15, 0.2) is 10.9 Å². The second-order valence-corrected chi connectivity index (χ2v) is 7.85. The van der Waals surface area contributed by atoms with Crippen LogP contribution >= 0.6 is 23.1 Å². The molecule has 1 heterocycles. The van der Waals surface area contributed by atoms with Crippen LogP contribution in [0.1, 0.15) is 15.9 Å². The van der Waals surface area contributed by atoms with Crippen molar-refractivity contribution < 1.29 is 19.1 Å². The first kappa shape index (κ1) is 19.8. The van der Waals surface area contributed by atoms with Gasteiger partial charge in [0.05, 0.1) is 15.8 Å². The molecule has 3 aromatic rings. The lowest BCUT2D eigenvalue weighted by Gasteiger charge is -2.09. The van der Waals surface area contributed by atoms with Crippen molar-refractivity contribution in [1.82, 2.24) is 15.6 Å². The van der Waals surface area contributed by atoms with E-state index in [-0.39, 0.29) is 0 Å². The van der Waals surface area contributed by atoms with Crippen molar-refractivity contribution in [2.24, 2.45) is 0 Å². The van der Waals surface area contributed by atoms with Crippen molar-refractivity contribution in [3.05, 3.63) is 59.7 Å². The molecule has 0 aliphatic rings. The summed E-state index contributed by atoms with van der Waals surface area (Å²) in [6.45, 7) is -0.536. The summed E-state index contributed by atoms with van der Waals surface area (Å²) in [4.78, 5) is 39.6. The molecule has 1 aromatic heterocycles. The summed E-state index contributed by atoms with van der Waals surface area (Å²) in [6.07, 6.45) is 0. The summed E-state index contributed by atoms with van der Waals surface area (Å²) < 4.78 is 7.05. The van der Waals surface area contributed by atoms with Crippen LogP contribution in [0.25, 0.3) is 10.2 Å². The minimum absolute atomic E-state index is 0.379. The van der Waals surface area contributed by atoms with E-state index < -0.39 is 24.5 Å². The Kier molecular flexibility index (Phi) is 6.62. The number of benzene rings is 2. The minimum atomic E-state index is -0.700. The van der Waals surface area contributed by atoms with Crippen LogP contribution in [0.5, 0.6) is 0 Å². The van der Waals surface area contributed by atoms with Gasteiger partial charge in [-0.2, -0.15) is 0 Å². The van der Waals surface area contributed by atoms with Crippen LogP contribution in [-0.2, 0) is 15.3 Å². The Morgan fingerprint density at radius 3 is 2.64 bits per heavy atom. The molecular weight excluding hydrogens is 398 g/mol. The van der Waals surface area contributed by atoms with Crippen molar-refractivity contribution >= 4 is 51.2 Å². The predicted octanol–water partition coefficient (Wildman–Crippen LogP) is 3.20. The molecule has 0 radical (unpaired) electrons. The van der Waals surface area contributed by atoms with Gasteiger partial charge in [-0.25, -0.2) is 14.6 Å². The van der Waals surface area contributed by atoms with Crippen molar-refractivity contribution in [3.63, 3.8) is 0 Å². The molecule has 3 amide bonds. The number of para-hydroxylation sites is 1. The van der Waals surface area contributed by atoms with E-state index in [2.05, 4.69) is 10.3 Å². The number of carbonyl (C=O) groups is 3. The average molecular weight is 415 g/mol. The van der Waals surface area contributed by atoms with E-state index in [4.69, 9.17) is 4.74 Å². The standard InChI is InChI=1S/C19H17N3O4S2/c1-20-18(25)22-16(23)10-26-17(24)13-7-3-2-6-12(13)11-27-19-21-14-8-4-5-9-15(14)28-19/h2-9H,10-11H2,1H3,(H2,20,22,23,25). The van der Waals surface area contributed by atoms with Crippen LogP contribution < -0.4 is 10.6 Å². The zero-order valence-corrected chi connectivity index (χ0v) is 16.6. The number of hydrogen-bond donors (Lipinski definition) is 2. The summed E-state index contributed by atoms with van der Waals surface area (Å²) in [6, 6.07) is 14.3. The summed E-state index contributed by atoms with van der Waals surface area (Å²) in [7, 11) is 1.38. The molecule has 0 aliphatic heterocycles. The predicted molar refractivity (Wildman–Crippen MR) is 109 cm³/mol. The normalized spacial score (nSPS) is 10.5. The second kappa shape index (κ2) is 9.34. The zero-order valence-electron chi connectivity index (χ0n) is 14.9. The number of rotatable bonds is 6. The molecule has 0 bridgehead atoms. The summed E-state index contributed by atoms with van der Waals surface area (Å²) in [5.74, 6) is -0.781. The molecule has 3 rings (SSSR count). The largest absolute Gasteiger partial charge is 0.452 e. The first-order chi connectivity index (χ1) is 13.6. The second-order valence-electron chi connectivity index (χ2n) is 5.60. The van der Waals surface area contributed by atoms with Gasteiger partial charge in [0.2, 0.25) is 0 Å². The number of imide groups is 1. The fourth-order valence-corrected chi connectivity index (χ4v) is 4.40. The van der Waals surface area contributed by atoms with Crippen molar-refractivity contribution in [3.8, 4) is 0 Å². The van der Waals surface area contributed by atoms with Gasteiger partial charge in [0.25, 0.3) is 5.91 Å². The Balaban J connectivity index is 1.62. The number of nitrogens with one attached hydrogen (secondary N) is 2. The van der Waals surface area contributed by atoms with Gasteiger partial charge in [-0.3, -0.25) is 10.1 Å². The molecule has 2 aromatic carbocycles. The first-order valence-electron chi connectivity index (χ1n) is 8.32. The van der Waals surface area contributed by atoms with Gasteiger partial charge < -0.3 is 10.1 Å². The van der Waals surface area contributed by atoms with E-state index in [9.17, 15) is 14.4 Å². The smallest absolute Gasteiger partial charge is 0.338 e. The Labute approximate surface area is 169 Å². The molecule has 0 atom stereocenters. The van der Waals surface area contributed by atoms with E-state index in [0.717, 1.165) is 20.1 Å². The topological polar surface area (TPSA) is 97.4 Å². The number of aromatic nitrogens is 1. The number of fused-ring (bicyclic) bond motifs is 1. The third-order valence-corrected chi connectivity index (χ3v) is 5.91. The number of ether oxygens (including phenoxy) is 1. The van der Waals surface area contributed by atoms with E-state index in [1.165, 1.54) is 18.8 Å². The fourth-order valence-electron chi connectivity index (χ4n) is 2.33. The van der Waals surface area contributed by atoms with Crippen LogP contribution in [0, 0.1) is 0 Å². The average Bonchev–Trinajstić information content (AvgIpc) is 3.13. The van der Waals surface area contributed by atoms with Gasteiger partial charge in [0.1, 0.15) is 0 Å². The van der Waals surface area contributed by atoms with Gasteiger partial charge >= 0.3 is 12.0 Å². The van der Waals surface area contributed by atoms with Crippen LogP contribution in [0.15, 0.2) is 52.9 Å². The maximum absolute atomic E-state index is 12.4. The van der Waals surface area contributed by atoms with Crippen LogP contribution in [0.2, 0.25) is 0 Å². The van der Waals surface area contributed by atoms with Crippen LogP contribution in [0.3, 0.4) is 0 Å². The third kappa shape index (κ3) is 5.08. The Morgan fingerprint density at radius 2 is 1.86 bits per heavy atom. The highest BCUT2D eigenvalue weighted by Crippen LogP contribution is 2.32. The number of urea groups is 1. The number of esters is 1. The first-order valence-corrected chi connectivity index (χ1v) is 10.1. The van der Waals surface area contributed by atoms with Gasteiger partial charge in [-0.05, 0) is 23.8 Å². The number of thiazole rings is 1. The number of carbonyl (C=O) groups excluding carboxylic acids is 3. The monoisotopic (exact) mass is 415 g/mol. The summed E-state index contributed by atoms with van der Waals surface area (Å²) in [5.41, 5.74) is 2.11. The molecule has 144 valence electrons. The molecule has 7 nitrogen and oxygen atoms in total. The molecule has 0 spiro atoms. The molecule has 0 fully saturated rings. The Hall–Kier alpha value is -2.91. The van der Waals surface area contributed by atoms with Gasteiger partial charge in [-0.15, -0.1) is 11.3 Å². The summed E-state index contributed by atoms with van der Waals surface area (Å²) >= 11 is 3.13. The Morgan fingerprint density at radius 1 is 1.11 bits per heavy atom. The highest BCUT2D eigenvalue weighted by atomic mass is 32.2. The van der Waals surface area contributed by atoms with E-state index >= 15 is 0 Å².